The lowest BCUT2D eigenvalue weighted by Crippen LogP contribution is -2.25. The van der Waals surface area contributed by atoms with Crippen LogP contribution in [0.1, 0.15) is 31.7 Å². The van der Waals surface area contributed by atoms with Gasteiger partial charge in [-0.3, -0.25) is 0 Å². The Hall–Kier alpha value is -1.06. The molecule has 106 valence electrons. The standard InChI is InChI=1S/C16H26N2O/c1-14(8-12-18-10-2-3-11-18)19-16-6-4-5-15(13-16)7-9-17/h4-6,13-14H,2-3,7-12,17H2,1H3. The van der Waals surface area contributed by atoms with Crippen molar-refractivity contribution in [3.8, 4) is 5.75 Å². The minimum absolute atomic E-state index is 0.272. The van der Waals surface area contributed by atoms with Crippen LogP contribution in [0.5, 0.6) is 5.75 Å². The Labute approximate surface area is 116 Å². The number of likely N-dealkylation sites (tertiary alicyclic amines) is 1. The van der Waals surface area contributed by atoms with Crippen molar-refractivity contribution < 1.29 is 4.74 Å². The Bertz CT molecular complexity index is 375. The zero-order valence-electron chi connectivity index (χ0n) is 12.0. The number of rotatable bonds is 7. The van der Waals surface area contributed by atoms with Crippen LogP contribution >= 0.6 is 0 Å². The summed E-state index contributed by atoms with van der Waals surface area (Å²) in [4.78, 5) is 2.53. The monoisotopic (exact) mass is 262 g/mol. The highest BCUT2D eigenvalue weighted by molar-refractivity contribution is 5.28. The molecule has 1 aliphatic heterocycles. The molecule has 1 saturated heterocycles. The Balaban J connectivity index is 1.77. The van der Waals surface area contributed by atoms with Crippen molar-refractivity contribution in [2.45, 2.75) is 38.7 Å². The largest absolute Gasteiger partial charge is 0.491 e. The smallest absolute Gasteiger partial charge is 0.119 e. The summed E-state index contributed by atoms with van der Waals surface area (Å²) >= 11 is 0. The van der Waals surface area contributed by atoms with E-state index in [0.717, 1.165) is 25.1 Å². The van der Waals surface area contributed by atoms with Gasteiger partial charge >= 0.3 is 0 Å². The molecule has 19 heavy (non-hydrogen) atoms. The molecule has 0 saturated carbocycles. The van der Waals surface area contributed by atoms with E-state index in [1.165, 1.54) is 31.5 Å². The summed E-state index contributed by atoms with van der Waals surface area (Å²) in [5.41, 5.74) is 6.84. The van der Waals surface area contributed by atoms with Crippen molar-refractivity contribution in [3.63, 3.8) is 0 Å². The van der Waals surface area contributed by atoms with Gasteiger partial charge in [0.05, 0.1) is 6.10 Å². The van der Waals surface area contributed by atoms with Gasteiger partial charge in [0.2, 0.25) is 0 Å². The highest BCUT2D eigenvalue weighted by Gasteiger charge is 2.13. The molecule has 1 aromatic rings. The van der Waals surface area contributed by atoms with Crippen LogP contribution in [0.15, 0.2) is 24.3 Å². The first-order valence-corrected chi connectivity index (χ1v) is 7.46. The highest BCUT2D eigenvalue weighted by Crippen LogP contribution is 2.17. The first kappa shape index (κ1) is 14.4. The second-order valence-electron chi connectivity index (χ2n) is 5.45. The summed E-state index contributed by atoms with van der Waals surface area (Å²) < 4.78 is 5.99. The Kier molecular flexibility index (Phi) is 5.67. The average molecular weight is 262 g/mol. The Morgan fingerprint density at radius 2 is 2.11 bits per heavy atom. The molecule has 1 aromatic carbocycles. The number of hydrogen-bond donors (Lipinski definition) is 1. The van der Waals surface area contributed by atoms with Crippen LogP contribution in [0.2, 0.25) is 0 Å². The molecule has 0 amide bonds. The van der Waals surface area contributed by atoms with E-state index in [9.17, 15) is 0 Å². The third kappa shape index (κ3) is 4.84. The second kappa shape index (κ2) is 7.51. The van der Waals surface area contributed by atoms with E-state index in [2.05, 4.69) is 24.0 Å². The van der Waals surface area contributed by atoms with E-state index < -0.39 is 0 Å². The van der Waals surface area contributed by atoms with Crippen LogP contribution in [-0.2, 0) is 6.42 Å². The van der Waals surface area contributed by atoms with Gasteiger partial charge < -0.3 is 15.4 Å². The second-order valence-corrected chi connectivity index (χ2v) is 5.45. The SMILES string of the molecule is CC(CCN1CCCC1)Oc1cccc(CCN)c1. The van der Waals surface area contributed by atoms with Crippen LogP contribution in [0, 0.1) is 0 Å². The maximum Gasteiger partial charge on any atom is 0.119 e. The fourth-order valence-electron chi connectivity index (χ4n) is 2.60. The van der Waals surface area contributed by atoms with Crippen LogP contribution in [0.25, 0.3) is 0 Å². The molecular weight excluding hydrogens is 236 g/mol. The van der Waals surface area contributed by atoms with Crippen molar-refractivity contribution in [1.82, 2.24) is 4.90 Å². The van der Waals surface area contributed by atoms with Crippen LogP contribution in [-0.4, -0.2) is 37.2 Å². The molecular formula is C16H26N2O. The zero-order valence-corrected chi connectivity index (χ0v) is 12.0. The van der Waals surface area contributed by atoms with Gasteiger partial charge in [0, 0.05) is 6.54 Å². The molecule has 3 heteroatoms. The summed E-state index contributed by atoms with van der Waals surface area (Å²) in [7, 11) is 0. The minimum atomic E-state index is 0.272. The molecule has 1 unspecified atom stereocenters. The fraction of sp³-hybridized carbons (Fsp3) is 0.625. The van der Waals surface area contributed by atoms with E-state index in [4.69, 9.17) is 10.5 Å². The van der Waals surface area contributed by atoms with Gasteiger partial charge in [0.25, 0.3) is 0 Å². The lowest BCUT2D eigenvalue weighted by Gasteiger charge is -2.19. The van der Waals surface area contributed by atoms with Gasteiger partial charge in [0.15, 0.2) is 0 Å². The van der Waals surface area contributed by atoms with E-state index in [0.29, 0.717) is 6.54 Å². The molecule has 1 atom stereocenters. The average Bonchev–Trinajstić information content (AvgIpc) is 2.90. The first-order chi connectivity index (χ1) is 9.28. The number of ether oxygens (including phenoxy) is 1. The van der Waals surface area contributed by atoms with Crippen LogP contribution < -0.4 is 10.5 Å². The van der Waals surface area contributed by atoms with Gasteiger partial charge in [-0.1, -0.05) is 12.1 Å². The first-order valence-electron chi connectivity index (χ1n) is 7.46. The van der Waals surface area contributed by atoms with E-state index >= 15 is 0 Å². The molecule has 0 spiro atoms. The lowest BCUT2D eigenvalue weighted by atomic mass is 10.1. The third-order valence-corrected chi connectivity index (χ3v) is 3.72. The van der Waals surface area contributed by atoms with E-state index in [1.807, 2.05) is 12.1 Å². The molecule has 0 radical (unpaired) electrons. The molecule has 0 aromatic heterocycles. The van der Waals surface area contributed by atoms with Crippen molar-refractivity contribution in [3.05, 3.63) is 29.8 Å². The summed E-state index contributed by atoms with van der Waals surface area (Å²) in [6, 6.07) is 8.30. The summed E-state index contributed by atoms with van der Waals surface area (Å²) in [5, 5.41) is 0. The number of nitrogens with two attached hydrogens (primary N) is 1. The van der Waals surface area contributed by atoms with Gasteiger partial charge in [-0.25, -0.2) is 0 Å². The quantitative estimate of drug-likeness (QED) is 0.820. The minimum Gasteiger partial charge on any atom is -0.491 e. The number of benzene rings is 1. The van der Waals surface area contributed by atoms with Crippen LogP contribution in [0.3, 0.4) is 0 Å². The molecule has 3 nitrogen and oxygen atoms in total. The zero-order chi connectivity index (χ0) is 13.5. The molecule has 1 aliphatic rings. The summed E-state index contributed by atoms with van der Waals surface area (Å²) in [6.07, 6.45) is 5.00. The molecule has 2 rings (SSSR count). The number of hydrogen-bond acceptors (Lipinski definition) is 3. The molecule has 0 bridgehead atoms. The van der Waals surface area contributed by atoms with Crippen LogP contribution in [0.4, 0.5) is 0 Å². The summed E-state index contributed by atoms with van der Waals surface area (Å²) in [6.45, 7) is 6.53. The molecule has 1 fully saturated rings. The third-order valence-electron chi connectivity index (χ3n) is 3.72. The van der Waals surface area contributed by atoms with Gasteiger partial charge in [-0.2, -0.15) is 0 Å². The van der Waals surface area contributed by atoms with Gasteiger partial charge in [-0.05, 0) is 69.9 Å². The van der Waals surface area contributed by atoms with Gasteiger partial charge in [-0.15, -0.1) is 0 Å². The highest BCUT2D eigenvalue weighted by atomic mass is 16.5. The fourth-order valence-corrected chi connectivity index (χ4v) is 2.60. The molecule has 2 N–H and O–H groups in total. The molecule has 0 aliphatic carbocycles. The Morgan fingerprint density at radius 1 is 1.32 bits per heavy atom. The van der Waals surface area contributed by atoms with Crippen molar-refractivity contribution >= 4 is 0 Å². The lowest BCUT2D eigenvalue weighted by molar-refractivity contribution is 0.187. The maximum absolute atomic E-state index is 5.99. The predicted octanol–water partition coefficient (Wildman–Crippen LogP) is 2.44. The van der Waals surface area contributed by atoms with E-state index in [1.54, 1.807) is 0 Å². The van der Waals surface area contributed by atoms with Crippen molar-refractivity contribution in [2.75, 3.05) is 26.2 Å². The Morgan fingerprint density at radius 3 is 2.84 bits per heavy atom. The van der Waals surface area contributed by atoms with Crippen molar-refractivity contribution in [1.29, 1.82) is 0 Å². The maximum atomic E-state index is 5.99. The van der Waals surface area contributed by atoms with Gasteiger partial charge in [0.1, 0.15) is 5.75 Å². The predicted molar refractivity (Wildman–Crippen MR) is 79.6 cm³/mol. The normalized spacial score (nSPS) is 17.6. The van der Waals surface area contributed by atoms with E-state index in [-0.39, 0.29) is 6.10 Å². The topological polar surface area (TPSA) is 38.5 Å². The molecule has 1 heterocycles. The van der Waals surface area contributed by atoms with Crippen molar-refractivity contribution in [2.24, 2.45) is 5.73 Å². The number of nitrogens with zero attached hydrogens (tertiary/aromatic N) is 1. The summed E-state index contributed by atoms with van der Waals surface area (Å²) in [5.74, 6) is 0.972.